The van der Waals surface area contributed by atoms with Crippen molar-refractivity contribution in [2.45, 2.75) is 84.2 Å². The molecule has 0 aliphatic carbocycles. The van der Waals surface area contributed by atoms with Crippen molar-refractivity contribution < 1.29 is 14.3 Å². The average Bonchev–Trinajstić information content (AvgIpc) is 2.92. The maximum atomic E-state index is 12.2. The maximum Gasteiger partial charge on any atom is 0.338 e. The van der Waals surface area contributed by atoms with Gasteiger partial charge in [0.1, 0.15) is 5.75 Å². The van der Waals surface area contributed by atoms with Crippen LogP contribution in [0.2, 0.25) is 0 Å². The Hall–Kier alpha value is -3.07. The van der Waals surface area contributed by atoms with Crippen molar-refractivity contribution in [3.05, 3.63) is 90.0 Å². The summed E-state index contributed by atoms with van der Waals surface area (Å²) in [6.07, 6.45) is 12.0. The number of carbonyl (C=O) groups excluding carboxylic acids is 1. The molecule has 0 saturated heterocycles. The fourth-order valence-corrected chi connectivity index (χ4v) is 4.29. The molecule has 3 aromatic rings. The van der Waals surface area contributed by atoms with Crippen LogP contribution in [0.3, 0.4) is 0 Å². The lowest BCUT2D eigenvalue weighted by atomic mass is 10.0. The number of hydrogen-bond acceptors (Lipinski definition) is 3. The highest BCUT2D eigenvalue weighted by molar-refractivity contribution is 5.89. The Bertz CT molecular complexity index is 993. The third-order valence-corrected chi connectivity index (χ3v) is 6.57. The fraction of sp³-hybridized carbons (Fsp3) is 0.424. The van der Waals surface area contributed by atoms with Gasteiger partial charge in [-0.25, -0.2) is 4.79 Å². The van der Waals surface area contributed by atoms with Gasteiger partial charge in [-0.05, 0) is 67.1 Å². The average molecular weight is 487 g/mol. The molecular formula is C33H42O3. The van der Waals surface area contributed by atoms with Crippen LogP contribution in [0.5, 0.6) is 5.75 Å². The van der Waals surface area contributed by atoms with Gasteiger partial charge >= 0.3 is 5.97 Å². The molecule has 0 amide bonds. The summed E-state index contributed by atoms with van der Waals surface area (Å²) in [6.45, 7) is 5.01. The second kappa shape index (κ2) is 15.8. The number of aryl methyl sites for hydroxylation is 1. The van der Waals surface area contributed by atoms with E-state index in [1.165, 1.54) is 61.6 Å². The lowest BCUT2D eigenvalue weighted by Gasteiger charge is -2.13. The van der Waals surface area contributed by atoms with E-state index in [4.69, 9.17) is 9.47 Å². The Kier molecular flexibility index (Phi) is 12.1. The molecule has 0 radical (unpaired) electrons. The van der Waals surface area contributed by atoms with Gasteiger partial charge in [-0.1, -0.05) is 106 Å². The van der Waals surface area contributed by atoms with Crippen LogP contribution in [0.1, 0.15) is 87.6 Å². The summed E-state index contributed by atoms with van der Waals surface area (Å²) >= 11 is 0. The molecule has 0 fully saturated rings. The molecule has 0 spiro atoms. The van der Waals surface area contributed by atoms with Crippen molar-refractivity contribution in [2.75, 3.05) is 6.61 Å². The topological polar surface area (TPSA) is 35.5 Å². The van der Waals surface area contributed by atoms with Crippen LogP contribution in [-0.4, -0.2) is 18.7 Å². The number of benzene rings is 3. The molecule has 1 unspecified atom stereocenters. The summed E-state index contributed by atoms with van der Waals surface area (Å²) in [5, 5.41) is 0. The number of rotatable bonds is 16. The van der Waals surface area contributed by atoms with Crippen LogP contribution in [0, 0.1) is 0 Å². The fourth-order valence-electron chi connectivity index (χ4n) is 4.29. The molecule has 0 N–H and O–H groups in total. The van der Waals surface area contributed by atoms with Crippen LogP contribution in [-0.2, 0) is 11.2 Å². The van der Waals surface area contributed by atoms with Gasteiger partial charge in [0.15, 0.2) is 0 Å². The molecule has 0 aliphatic rings. The van der Waals surface area contributed by atoms with E-state index in [1.807, 2.05) is 25.1 Å². The molecule has 3 heteroatoms. The van der Waals surface area contributed by atoms with Gasteiger partial charge in [-0.15, -0.1) is 0 Å². The molecule has 3 aromatic carbocycles. The molecule has 3 rings (SSSR count). The SMILES string of the molecule is CCCCCCCCCCOc1ccc(-c2ccc(CCC(C)OC(=O)c3ccccc3)cc2)cc1. The molecule has 0 saturated carbocycles. The molecule has 0 heterocycles. The number of carbonyl (C=O) groups is 1. The third kappa shape index (κ3) is 9.89. The number of hydrogen-bond donors (Lipinski definition) is 0. The van der Waals surface area contributed by atoms with E-state index in [0.717, 1.165) is 31.6 Å². The second-order valence-corrected chi connectivity index (χ2v) is 9.67. The Morgan fingerprint density at radius 3 is 1.94 bits per heavy atom. The van der Waals surface area contributed by atoms with Crippen molar-refractivity contribution in [1.29, 1.82) is 0 Å². The molecule has 192 valence electrons. The summed E-state index contributed by atoms with van der Waals surface area (Å²) in [4.78, 5) is 12.2. The smallest absolute Gasteiger partial charge is 0.338 e. The molecule has 0 aliphatic heterocycles. The monoisotopic (exact) mass is 486 g/mol. The van der Waals surface area contributed by atoms with E-state index < -0.39 is 0 Å². The molecule has 1 atom stereocenters. The highest BCUT2D eigenvalue weighted by Crippen LogP contribution is 2.24. The lowest BCUT2D eigenvalue weighted by molar-refractivity contribution is 0.0325. The molecule has 0 bridgehead atoms. The molecular weight excluding hydrogens is 444 g/mol. The Morgan fingerprint density at radius 2 is 1.31 bits per heavy atom. The van der Waals surface area contributed by atoms with E-state index in [-0.39, 0.29) is 12.1 Å². The van der Waals surface area contributed by atoms with Gasteiger partial charge in [0.25, 0.3) is 0 Å². The van der Waals surface area contributed by atoms with Crippen LogP contribution in [0.15, 0.2) is 78.9 Å². The van der Waals surface area contributed by atoms with Gasteiger partial charge < -0.3 is 9.47 Å². The maximum absolute atomic E-state index is 12.2. The standard InChI is InChI=1S/C33H42O3/c1-3-4-5-6-7-8-9-13-26-35-32-24-22-30(23-25-32)29-20-18-28(19-21-29)17-16-27(2)36-33(34)31-14-11-10-12-15-31/h10-12,14-15,18-25,27H,3-9,13,16-17,26H2,1-2H3. The highest BCUT2D eigenvalue weighted by Gasteiger charge is 2.11. The van der Waals surface area contributed by atoms with Crippen molar-refractivity contribution in [1.82, 2.24) is 0 Å². The summed E-state index contributed by atoms with van der Waals surface area (Å²) in [5.74, 6) is 0.682. The van der Waals surface area contributed by atoms with E-state index >= 15 is 0 Å². The first kappa shape index (κ1) is 27.5. The molecule has 0 aromatic heterocycles. The summed E-state index contributed by atoms with van der Waals surface area (Å²) < 4.78 is 11.5. The number of ether oxygens (including phenoxy) is 2. The van der Waals surface area contributed by atoms with Gasteiger partial charge in [0.2, 0.25) is 0 Å². The predicted molar refractivity (Wildman–Crippen MR) is 150 cm³/mol. The van der Waals surface area contributed by atoms with Gasteiger partial charge in [0.05, 0.1) is 18.3 Å². The van der Waals surface area contributed by atoms with Crippen LogP contribution in [0.4, 0.5) is 0 Å². The third-order valence-electron chi connectivity index (χ3n) is 6.57. The van der Waals surface area contributed by atoms with E-state index in [9.17, 15) is 4.79 Å². The first-order chi connectivity index (χ1) is 17.7. The van der Waals surface area contributed by atoms with Crippen LogP contribution >= 0.6 is 0 Å². The van der Waals surface area contributed by atoms with Gasteiger partial charge in [-0.2, -0.15) is 0 Å². The van der Waals surface area contributed by atoms with Crippen molar-refractivity contribution in [3.8, 4) is 16.9 Å². The summed E-state index contributed by atoms with van der Waals surface area (Å²) in [5.41, 5.74) is 4.22. The van der Waals surface area contributed by atoms with Gasteiger partial charge in [-0.3, -0.25) is 0 Å². The zero-order valence-electron chi connectivity index (χ0n) is 22.1. The minimum atomic E-state index is -0.260. The van der Waals surface area contributed by atoms with E-state index in [1.54, 1.807) is 12.1 Å². The summed E-state index contributed by atoms with van der Waals surface area (Å²) in [7, 11) is 0. The Labute approximate surface area is 217 Å². The quantitative estimate of drug-likeness (QED) is 0.150. The first-order valence-electron chi connectivity index (χ1n) is 13.7. The lowest BCUT2D eigenvalue weighted by Crippen LogP contribution is -2.15. The Balaban J connectivity index is 1.35. The highest BCUT2D eigenvalue weighted by atomic mass is 16.5. The van der Waals surface area contributed by atoms with Crippen LogP contribution < -0.4 is 4.74 Å². The Morgan fingerprint density at radius 1 is 0.722 bits per heavy atom. The largest absolute Gasteiger partial charge is 0.494 e. The summed E-state index contributed by atoms with van der Waals surface area (Å²) in [6, 6.07) is 26.2. The van der Waals surface area contributed by atoms with Crippen molar-refractivity contribution >= 4 is 5.97 Å². The van der Waals surface area contributed by atoms with E-state index in [0.29, 0.717) is 5.56 Å². The zero-order valence-corrected chi connectivity index (χ0v) is 22.1. The van der Waals surface area contributed by atoms with Crippen molar-refractivity contribution in [2.24, 2.45) is 0 Å². The number of unbranched alkanes of at least 4 members (excludes halogenated alkanes) is 7. The van der Waals surface area contributed by atoms with E-state index in [2.05, 4.69) is 55.5 Å². The molecule has 36 heavy (non-hydrogen) atoms. The normalized spacial score (nSPS) is 11.7. The number of esters is 1. The molecule has 3 nitrogen and oxygen atoms in total. The van der Waals surface area contributed by atoms with Crippen molar-refractivity contribution in [3.63, 3.8) is 0 Å². The predicted octanol–water partition coefficient (Wildman–Crippen LogP) is 9.05. The zero-order chi connectivity index (χ0) is 25.4. The first-order valence-corrected chi connectivity index (χ1v) is 13.7. The second-order valence-electron chi connectivity index (χ2n) is 9.67. The minimum Gasteiger partial charge on any atom is -0.494 e. The van der Waals surface area contributed by atoms with Crippen LogP contribution in [0.25, 0.3) is 11.1 Å². The van der Waals surface area contributed by atoms with Gasteiger partial charge in [0, 0.05) is 0 Å². The minimum absolute atomic E-state index is 0.129.